The van der Waals surface area contributed by atoms with Crippen LogP contribution in [0.4, 0.5) is 5.69 Å². The zero-order chi connectivity index (χ0) is 19.2. The molecule has 0 saturated carbocycles. The summed E-state index contributed by atoms with van der Waals surface area (Å²) in [7, 11) is 0. The molecule has 1 aromatic heterocycles. The van der Waals surface area contributed by atoms with Crippen LogP contribution in [0.15, 0.2) is 60.0 Å². The maximum Gasteiger partial charge on any atom is 0.275 e. The van der Waals surface area contributed by atoms with E-state index in [2.05, 4.69) is 10.3 Å². The summed E-state index contributed by atoms with van der Waals surface area (Å²) in [5, 5.41) is 5.35. The third-order valence-electron chi connectivity index (χ3n) is 4.21. The number of aromatic nitrogens is 1. The fourth-order valence-corrected chi connectivity index (χ4v) is 3.54. The highest BCUT2D eigenvalue weighted by Crippen LogP contribution is 2.24. The highest BCUT2D eigenvalue weighted by molar-refractivity contribution is 7.13. The van der Waals surface area contributed by atoms with E-state index in [1.54, 1.807) is 34.5 Å². The van der Waals surface area contributed by atoms with Gasteiger partial charge in [0.05, 0.1) is 11.3 Å². The van der Waals surface area contributed by atoms with Crippen molar-refractivity contribution in [2.24, 2.45) is 0 Å². The van der Waals surface area contributed by atoms with Gasteiger partial charge in [-0.2, -0.15) is 0 Å². The van der Waals surface area contributed by atoms with E-state index in [-0.39, 0.29) is 11.8 Å². The standard InChI is InChI=1S/C21H21N3O2S/c1-3-24(4-2)21(26)16-12-8-9-13-17(16)22-19(25)18-14-27-20(23-18)15-10-6-5-7-11-15/h5-14H,3-4H2,1-2H3,(H,22,25). The Balaban J connectivity index is 1.81. The number of carbonyl (C=O) groups excluding carboxylic acids is 2. The van der Waals surface area contributed by atoms with E-state index in [0.29, 0.717) is 30.0 Å². The normalized spacial score (nSPS) is 10.4. The molecule has 0 unspecified atom stereocenters. The molecule has 0 aliphatic rings. The van der Waals surface area contributed by atoms with E-state index in [0.717, 1.165) is 10.6 Å². The maximum absolute atomic E-state index is 12.7. The molecule has 0 saturated heterocycles. The Morgan fingerprint density at radius 2 is 1.67 bits per heavy atom. The lowest BCUT2D eigenvalue weighted by Gasteiger charge is -2.20. The topological polar surface area (TPSA) is 62.3 Å². The van der Waals surface area contributed by atoms with Crippen molar-refractivity contribution in [1.29, 1.82) is 0 Å². The molecule has 0 radical (unpaired) electrons. The molecule has 2 amide bonds. The highest BCUT2D eigenvalue weighted by Gasteiger charge is 2.19. The number of nitrogens with zero attached hydrogens (tertiary/aromatic N) is 2. The van der Waals surface area contributed by atoms with Crippen molar-refractivity contribution < 1.29 is 9.59 Å². The first-order chi connectivity index (χ1) is 13.1. The van der Waals surface area contributed by atoms with Gasteiger partial charge in [-0.3, -0.25) is 9.59 Å². The molecule has 1 heterocycles. The molecule has 5 nitrogen and oxygen atoms in total. The van der Waals surface area contributed by atoms with Crippen LogP contribution in [0.3, 0.4) is 0 Å². The minimum atomic E-state index is -0.326. The van der Waals surface area contributed by atoms with Gasteiger partial charge in [0.25, 0.3) is 11.8 Å². The van der Waals surface area contributed by atoms with Gasteiger partial charge in [0, 0.05) is 24.0 Å². The zero-order valence-electron chi connectivity index (χ0n) is 15.3. The number of anilines is 1. The number of para-hydroxylation sites is 1. The average Bonchev–Trinajstić information content (AvgIpc) is 3.20. The van der Waals surface area contributed by atoms with Crippen molar-refractivity contribution in [1.82, 2.24) is 9.88 Å². The second kappa shape index (κ2) is 8.60. The van der Waals surface area contributed by atoms with Crippen molar-refractivity contribution in [3.8, 4) is 10.6 Å². The summed E-state index contributed by atoms with van der Waals surface area (Å²) in [6, 6.07) is 16.8. The summed E-state index contributed by atoms with van der Waals surface area (Å²) >= 11 is 1.42. The Labute approximate surface area is 162 Å². The van der Waals surface area contributed by atoms with E-state index in [4.69, 9.17) is 0 Å². The lowest BCUT2D eigenvalue weighted by Crippen LogP contribution is -2.31. The third kappa shape index (κ3) is 4.23. The third-order valence-corrected chi connectivity index (χ3v) is 5.11. The second-order valence-corrected chi connectivity index (χ2v) is 6.74. The number of nitrogens with one attached hydrogen (secondary N) is 1. The molecule has 138 valence electrons. The molecule has 0 bridgehead atoms. The van der Waals surface area contributed by atoms with Gasteiger partial charge in [-0.15, -0.1) is 11.3 Å². The van der Waals surface area contributed by atoms with E-state index in [9.17, 15) is 9.59 Å². The van der Waals surface area contributed by atoms with Crippen LogP contribution in [0, 0.1) is 0 Å². The Bertz CT molecular complexity index is 933. The van der Waals surface area contributed by atoms with Crippen molar-refractivity contribution in [3.63, 3.8) is 0 Å². The number of hydrogen-bond donors (Lipinski definition) is 1. The fraction of sp³-hybridized carbons (Fsp3) is 0.190. The summed E-state index contributed by atoms with van der Waals surface area (Å²) in [6.45, 7) is 5.10. The van der Waals surface area contributed by atoms with Crippen molar-refractivity contribution in [3.05, 3.63) is 71.2 Å². The number of amides is 2. The van der Waals surface area contributed by atoms with Gasteiger partial charge < -0.3 is 10.2 Å². The Kier molecular flexibility index (Phi) is 5.98. The summed E-state index contributed by atoms with van der Waals surface area (Å²) in [6.07, 6.45) is 0. The van der Waals surface area contributed by atoms with Crippen LogP contribution in [-0.2, 0) is 0 Å². The molecule has 27 heavy (non-hydrogen) atoms. The van der Waals surface area contributed by atoms with Crippen LogP contribution in [0.2, 0.25) is 0 Å². The van der Waals surface area contributed by atoms with Crippen molar-refractivity contribution >= 4 is 28.8 Å². The SMILES string of the molecule is CCN(CC)C(=O)c1ccccc1NC(=O)c1csc(-c2ccccc2)n1. The molecule has 0 atom stereocenters. The molecule has 2 aromatic carbocycles. The predicted octanol–water partition coefficient (Wildman–Crippen LogP) is 4.54. The Morgan fingerprint density at radius 3 is 2.37 bits per heavy atom. The molecule has 0 fully saturated rings. The summed E-state index contributed by atoms with van der Waals surface area (Å²) in [4.78, 5) is 31.5. The number of rotatable bonds is 6. The summed E-state index contributed by atoms with van der Waals surface area (Å²) < 4.78 is 0. The smallest absolute Gasteiger partial charge is 0.275 e. The molecule has 0 aliphatic carbocycles. The van der Waals surface area contributed by atoms with Gasteiger partial charge >= 0.3 is 0 Å². The quantitative estimate of drug-likeness (QED) is 0.684. The average molecular weight is 379 g/mol. The number of benzene rings is 2. The largest absolute Gasteiger partial charge is 0.339 e. The molecule has 0 aliphatic heterocycles. The van der Waals surface area contributed by atoms with Gasteiger partial charge in [-0.05, 0) is 26.0 Å². The van der Waals surface area contributed by atoms with E-state index in [1.807, 2.05) is 44.2 Å². The molecule has 6 heteroatoms. The van der Waals surface area contributed by atoms with Crippen LogP contribution in [0.25, 0.3) is 10.6 Å². The van der Waals surface area contributed by atoms with E-state index < -0.39 is 0 Å². The summed E-state index contributed by atoms with van der Waals surface area (Å²) in [5.41, 5.74) is 2.28. The van der Waals surface area contributed by atoms with Crippen molar-refractivity contribution in [2.75, 3.05) is 18.4 Å². The monoisotopic (exact) mass is 379 g/mol. The lowest BCUT2D eigenvalue weighted by molar-refractivity contribution is 0.0774. The van der Waals surface area contributed by atoms with Gasteiger partial charge in [0.15, 0.2) is 0 Å². The number of hydrogen-bond acceptors (Lipinski definition) is 4. The number of carbonyl (C=O) groups is 2. The van der Waals surface area contributed by atoms with Crippen LogP contribution < -0.4 is 5.32 Å². The Hall–Kier alpha value is -2.99. The van der Waals surface area contributed by atoms with Crippen LogP contribution in [0.1, 0.15) is 34.7 Å². The summed E-state index contributed by atoms with van der Waals surface area (Å²) in [5.74, 6) is -0.424. The van der Waals surface area contributed by atoms with Crippen LogP contribution in [0.5, 0.6) is 0 Å². The van der Waals surface area contributed by atoms with Gasteiger partial charge in [0.2, 0.25) is 0 Å². The maximum atomic E-state index is 12.7. The molecule has 3 aromatic rings. The minimum absolute atomic E-state index is 0.0980. The highest BCUT2D eigenvalue weighted by atomic mass is 32.1. The molecule has 1 N–H and O–H groups in total. The van der Waals surface area contributed by atoms with E-state index in [1.165, 1.54) is 11.3 Å². The first-order valence-corrected chi connectivity index (χ1v) is 9.72. The molecular weight excluding hydrogens is 358 g/mol. The molecular formula is C21H21N3O2S. The number of thiazole rings is 1. The fourth-order valence-electron chi connectivity index (χ4n) is 2.74. The molecule has 0 spiro atoms. The first-order valence-electron chi connectivity index (χ1n) is 8.84. The first kappa shape index (κ1) is 18.8. The van der Waals surface area contributed by atoms with Crippen LogP contribution in [-0.4, -0.2) is 34.8 Å². The molecule has 3 rings (SSSR count). The van der Waals surface area contributed by atoms with Crippen molar-refractivity contribution in [2.45, 2.75) is 13.8 Å². The predicted molar refractivity (Wildman–Crippen MR) is 109 cm³/mol. The zero-order valence-corrected chi connectivity index (χ0v) is 16.1. The van der Waals surface area contributed by atoms with Crippen LogP contribution >= 0.6 is 11.3 Å². The van der Waals surface area contributed by atoms with Gasteiger partial charge in [-0.25, -0.2) is 4.98 Å². The Morgan fingerprint density at radius 1 is 1.00 bits per heavy atom. The lowest BCUT2D eigenvalue weighted by atomic mass is 10.1. The second-order valence-electron chi connectivity index (χ2n) is 5.88. The van der Waals surface area contributed by atoms with Gasteiger partial charge in [0.1, 0.15) is 10.7 Å². The van der Waals surface area contributed by atoms with Gasteiger partial charge in [-0.1, -0.05) is 42.5 Å². The minimum Gasteiger partial charge on any atom is -0.339 e. The van der Waals surface area contributed by atoms with E-state index >= 15 is 0 Å².